The molecule has 0 N–H and O–H groups in total. The van der Waals surface area contributed by atoms with Crippen LogP contribution in [0.5, 0.6) is 0 Å². The van der Waals surface area contributed by atoms with Gasteiger partial charge in [-0.25, -0.2) is 0 Å². The van der Waals surface area contributed by atoms with Crippen LogP contribution in [0.2, 0.25) is 0 Å². The maximum atomic E-state index is 6.63. The van der Waals surface area contributed by atoms with Crippen molar-refractivity contribution in [2.45, 2.75) is 0 Å². The summed E-state index contributed by atoms with van der Waals surface area (Å²) in [5, 5.41) is 7.17. The number of para-hydroxylation sites is 1. The van der Waals surface area contributed by atoms with Gasteiger partial charge in [-0.3, -0.25) is 0 Å². The maximum Gasteiger partial charge on any atom is 0.143 e. The van der Waals surface area contributed by atoms with E-state index >= 15 is 0 Å². The highest BCUT2D eigenvalue weighted by Gasteiger charge is 2.21. The van der Waals surface area contributed by atoms with Crippen molar-refractivity contribution in [3.8, 4) is 44.5 Å². The maximum absolute atomic E-state index is 6.63. The number of nitrogens with zero attached hydrogens (tertiary/aromatic N) is 1. The molecule has 0 unspecified atom stereocenters. The summed E-state index contributed by atoms with van der Waals surface area (Å²) in [5.74, 6) is 0. The third-order valence-corrected chi connectivity index (χ3v) is 11.5. The van der Waals surface area contributed by atoms with E-state index in [2.05, 4.69) is 223 Å². The number of fused-ring (bicyclic) bond motifs is 6. The van der Waals surface area contributed by atoms with Crippen LogP contribution in [0, 0.1) is 0 Å². The van der Waals surface area contributed by atoms with E-state index in [0.717, 1.165) is 72.4 Å². The Morgan fingerprint density at radius 1 is 0.310 bits per heavy atom. The standard InChI is InChI=1S/C56H37NO/c1-4-14-38(15-5-1)44-29-35-53(52(36-44)40-18-8-3-9-19-40)57(46-32-28-43-25-24-41-20-10-11-21-47(41)51(43)37-46)45-30-26-42(27-31-45)48-33-34-49(39-16-6-2-7-17-39)56-55(48)50-22-12-13-23-54(50)58-56/h1-37H. The SMILES string of the molecule is c1ccc(-c2ccc(N(c3ccc(-c4ccc(-c5ccccc5)c5oc6ccccc6c45)cc3)c3ccc4ccc5ccccc5c4c3)c(-c3ccccc3)c2)cc1. The highest BCUT2D eigenvalue weighted by atomic mass is 16.3. The molecule has 0 aliphatic heterocycles. The molecular weight excluding hydrogens is 703 g/mol. The summed E-state index contributed by atoms with van der Waals surface area (Å²) >= 11 is 0. The van der Waals surface area contributed by atoms with Crippen molar-refractivity contribution in [2.24, 2.45) is 0 Å². The highest BCUT2D eigenvalue weighted by Crippen LogP contribution is 2.46. The molecule has 0 fully saturated rings. The van der Waals surface area contributed by atoms with Crippen molar-refractivity contribution >= 4 is 60.5 Å². The fraction of sp³-hybridized carbons (Fsp3) is 0. The van der Waals surface area contributed by atoms with E-state index in [4.69, 9.17) is 4.42 Å². The lowest BCUT2D eigenvalue weighted by Crippen LogP contribution is -2.11. The molecule has 11 rings (SSSR count). The second-order valence-electron chi connectivity index (χ2n) is 14.9. The van der Waals surface area contributed by atoms with Gasteiger partial charge in [-0.1, -0.05) is 176 Å². The number of anilines is 3. The predicted octanol–water partition coefficient (Wildman–Crippen LogP) is 16.0. The monoisotopic (exact) mass is 739 g/mol. The molecule has 11 aromatic rings. The Morgan fingerprint density at radius 2 is 0.845 bits per heavy atom. The van der Waals surface area contributed by atoms with Crippen molar-refractivity contribution in [2.75, 3.05) is 4.90 Å². The number of rotatable bonds is 7. The van der Waals surface area contributed by atoms with E-state index in [0.29, 0.717) is 0 Å². The summed E-state index contributed by atoms with van der Waals surface area (Å²) in [6, 6.07) is 80.7. The Balaban J connectivity index is 1.12. The first-order valence-corrected chi connectivity index (χ1v) is 19.8. The van der Waals surface area contributed by atoms with E-state index in [9.17, 15) is 0 Å². The second-order valence-corrected chi connectivity index (χ2v) is 14.9. The average molecular weight is 740 g/mol. The first-order valence-electron chi connectivity index (χ1n) is 19.8. The molecule has 0 bridgehead atoms. The van der Waals surface area contributed by atoms with Gasteiger partial charge in [0.2, 0.25) is 0 Å². The molecule has 0 aliphatic carbocycles. The second kappa shape index (κ2) is 14.1. The van der Waals surface area contributed by atoms with Crippen molar-refractivity contribution in [3.63, 3.8) is 0 Å². The third kappa shape index (κ3) is 5.82. The molecule has 0 amide bonds. The van der Waals surface area contributed by atoms with Crippen LogP contribution in [0.1, 0.15) is 0 Å². The van der Waals surface area contributed by atoms with Crippen molar-refractivity contribution in [1.29, 1.82) is 0 Å². The van der Waals surface area contributed by atoms with E-state index in [1.807, 2.05) is 6.07 Å². The van der Waals surface area contributed by atoms with Gasteiger partial charge >= 0.3 is 0 Å². The molecule has 58 heavy (non-hydrogen) atoms. The van der Waals surface area contributed by atoms with Gasteiger partial charge in [0.25, 0.3) is 0 Å². The fourth-order valence-electron chi connectivity index (χ4n) is 8.65. The van der Waals surface area contributed by atoms with Crippen LogP contribution >= 0.6 is 0 Å². The molecule has 0 spiro atoms. The summed E-state index contributed by atoms with van der Waals surface area (Å²) in [6.45, 7) is 0. The molecule has 0 aliphatic rings. The molecule has 2 heteroatoms. The van der Waals surface area contributed by atoms with E-state index in [-0.39, 0.29) is 0 Å². The lowest BCUT2D eigenvalue weighted by molar-refractivity contribution is 0.670. The zero-order valence-corrected chi connectivity index (χ0v) is 31.7. The van der Waals surface area contributed by atoms with Crippen molar-refractivity contribution in [1.82, 2.24) is 0 Å². The minimum Gasteiger partial charge on any atom is -0.455 e. The normalized spacial score (nSPS) is 11.4. The van der Waals surface area contributed by atoms with Gasteiger partial charge in [0.05, 0.1) is 5.69 Å². The molecule has 1 aromatic heterocycles. The molecule has 10 aromatic carbocycles. The summed E-state index contributed by atoms with van der Waals surface area (Å²) in [4.78, 5) is 2.42. The Bertz CT molecular complexity index is 3260. The van der Waals surface area contributed by atoms with Crippen LogP contribution < -0.4 is 4.90 Å². The number of hydrogen-bond acceptors (Lipinski definition) is 2. The summed E-state index contributed by atoms with van der Waals surface area (Å²) < 4.78 is 6.63. The number of furan rings is 1. The van der Waals surface area contributed by atoms with Gasteiger partial charge in [0.15, 0.2) is 0 Å². The van der Waals surface area contributed by atoms with Crippen molar-refractivity contribution < 1.29 is 4.42 Å². The lowest BCUT2D eigenvalue weighted by Gasteiger charge is -2.29. The fourth-order valence-corrected chi connectivity index (χ4v) is 8.65. The van der Waals surface area contributed by atoms with E-state index in [1.165, 1.54) is 32.7 Å². The molecule has 0 atom stereocenters. The largest absolute Gasteiger partial charge is 0.455 e. The Kier molecular flexibility index (Phi) is 8.19. The van der Waals surface area contributed by atoms with Crippen LogP contribution in [0.25, 0.3) is 88.0 Å². The first-order chi connectivity index (χ1) is 28.8. The van der Waals surface area contributed by atoms with Crippen LogP contribution in [0.15, 0.2) is 229 Å². The summed E-state index contributed by atoms with van der Waals surface area (Å²) in [5.41, 5.74) is 14.3. The van der Waals surface area contributed by atoms with E-state index in [1.54, 1.807) is 0 Å². The average Bonchev–Trinajstić information content (AvgIpc) is 3.70. The summed E-state index contributed by atoms with van der Waals surface area (Å²) in [7, 11) is 0. The number of benzene rings is 10. The molecule has 1 heterocycles. The zero-order chi connectivity index (χ0) is 38.4. The van der Waals surface area contributed by atoms with Crippen LogP contribution in [-0.2, 0) is 0 Å². The first kappa shape index (κ1) is 33.6. The molecular formula is C56H37NO. The Hall–Kier alpha value is -7.68. The summed E-state index contributed by atoms with van der Waals surface area (Å²) in [6.07, 6.45) is 0. The molecule has 272 valence electrons. The topological polar surface area (TPSA) is 16.4 Å². The minimum atomic E-state index is 0.890. The molecule has 2 nitrogen and oxygen atoms in total. The third-order valence-electron chi connectivity index (χ3n) is 11.5. The smallest absolute Gasteiger partial charge is 0.143 e. The Morgan fingerprint density at radius 3 is 1.59 bits per heavy atom. The van der Waals surface area contributed by atoms with Crippen LogP contribution in [0.3, 0.4) is 0 Å². The van der Waals surface area contributed by atoms with Gasteiger partial charge < -0.3 is 9.32 Å². The van der Waals surface area contributed by atoms with Gasteiger partial charge in [0, 0.05) is 33.3 Å². The minimum absolute atomic E-state index is 0.890. The van der Waals surface area contributed by atoms with Gasteiger partial charge in [-0.05, 0) is 103 Å². The molecule has 0 saturated carbocycles. The lowest BCUT2D eigenvalue weighted by atomic mass is 9.94. The Labute approximate surface area is 337 Å². The van der Waals surface area contributed by atoms with Gasteiger partial charge in [-0.2, -0.15) is 0 Å². The van der Waals surface area contributed by atoms with Crippen LogP contribution in [0.4, 0.5) is 17.1 Å². The van der Waals surface area contributed by atoms with Gasteiger partial charge in [0.1, 0.15) is 11.2 Å². The quantitative estimate of drug-likeness (QED) is 0.151. The highest BCUT2D eigenvalue weighted by molar-refractivity contribution is 6.16. The van der Waals surface area contributed by atoms with Crippen molar-refractivity contribution in [3.05, 3.63) is 224 Å². The molecule has 0 radical (unpaired) electrons. The van der Waals surface area contributed by atoms with Crippen LogP contribution in [-0.4, -0.2) is 0 Å². The predicted molar refractivity (Wildman–Crippen MR) is 245 cm³/mol. The molecule has 0 saturated heterocycles. The van der Waals surface area contributed by atoms with Gasteiger partial charge in [-0.15, -0.1) is 0 Å². The number of hydrogen-bond donors (Lipinski definition) is 0. The van der Waals surface area contributed by atoms with E-state index < -0.39 is 0 Å². The zero-order valence-electron chi connectivity index (χ0n) is 31.7.